The number of rotatable bonds is 11. The summed E-state index contributed by atoms with van der Waals surface area (Å²) in [7, 11) is 0. The number of anilines is 3. The van der Waals surface area contributed by atoms with Crippen LogP contribution in [0.25, 0.3) is 21.7 Å². The molecule has 374 valence electrons. The van der Waals surface area contributed by atoms with Crippen LogP contribution in [0.1, 0.15) is 94.0 Å². The monoisotopic (exact) mass is 993 g/mol. The van der Waals surface area contributed by atoms with Crippen molar-refractivity contribution in [2.24, 2.45) is 16.7 Å². The number of nitrogens with zero attached hydrogens (tertiary/aromatic N) is 8. The first-order valence-corrected chi connectivity index (χ1v) is 25.1. The number of aliphatic hydroxyl groups is 1. The van der Waals surface area contributed by atoms with E-state index in [9.17, 15) is 37.8 Å². The summed E-state index contributed by atoms with van der Waals surface area (Å²) in [5.74, 6) is -0.334. The van der Waals surface area contributed by atoms with Gasteiger partial charge in [0.2, 0.25) is 23.7 Å². The number of nitrogen functional groups attached to an aromatic ring is 1. The smallest absolute Gasteiger partial charge is 0.416 e. The van der Waals surface area contributed by atoms with E-state index in [0.717, 1.165) is 43.0 Å². The Labute approximate surface area is 413 Å². The molecule has 5 atom stereocenters. The second-order valence-corrected chi connectivity index (χ2v) is 22.2. The number of nitrogens with two attached hydrogens (primary N) is 1. The van der Waals surface area contributed by atoms with Crippen molar-refractivity contribution in [3.8, 4) is 27.4 Å². The number of aryl methyl sites for hydroxylation is 1. The third kappa shape index (κ3) is 9.35. The molecule has 2 aliphatic carbocycles. The third-order valence-corrected chi connectivity index (χ3v) is 16.4. The number of amides is 3. The fourth-order valence-corrected chi connectivity index (χ4v) is 12.5. The van der Waals surface area contributed by atoms with E-state index in [2.05, 4.69) is 35.6 Å². The molecule has 5 aliphatic rings. The highest BCUT2D eigenvalue weighted by Crippen LogP contribution is 2.64. The number of phenolic OH excluding ortho intramolecular Hbond substituents is 1. The summed E-state index contributed by atoms with van der Waals surface area (Å²) >= 11 is 1.24. The predicted octanol–water partition coefficient (Wildman–Crippen LogP) is 6.61. The van der Waals surface area contributed by atoms with Crippen LogP contribution in [-0.4, -0.2) is 108 Å². The minimum atomic E-state index is -4.69. The number of aliphatic hydroxyl groups excluding tert-OH is 1. The third-order valence-electron chi connectivity index (χ3n) is 15.4. The molecular formula is C51H58F3N11O5S. The molecule has 20 heteroatoms. The van der Waals surface area contributed by atoms with Crippen LogP contribution in [0.2, 0.25) is 0 Å². The van der Waals surface area contributed by atoms with Crippen molar-refractivity contribution in [2.75, 3.05) is 35.2 Å². The molecule has 3 amide bonds. The van der Waals surface area contributed by atoms with Crippen molar-refractivity contribution in [2.45, 2.75) is 122 Å². The summed E-state index contributed by atoms with van der Waals surface area (Å²) in [6.07, 6.45) is 3.18. The molecule has 2 saturated carbocycles. The number of carbonyl (C=O) groups excluding carboxylic acids is 3. The number of alkyl halides is 3. The minimum absolute atomic E-state index is 0.0133. The number of benzene rings is 2. The summed E-state index contributed by atoms with van der Waals surface area (Å²) < 4.78 is 42.8. The first kappa shape index (κ1) is 48.2. The van der Waals surface area contributed by atoms with Gasteiger partial charge in [-0.25, -0.2) is 15.0 Å². The molecule has 0 radical (unpaired) electrons. The Kier molecular flexibility index (Phi) is 12.4. The van der Waals surface area contributed by atoms with Gasteiger partial charge < -0.3 is 41.3 Å². The van der Waals surface area contributed by atoms with Gasteiger partial charge in [0.1, 0.15) is 17.8 Å². The number of piperazine rings is 1. The van der Waals surface area contributed by atoms with Crippen LogP contribution in [0.15, 0.2) is 66.4 Å². The van der Waals surface area contributed by atoms with Crippen LogP contribution >= 0.6 is 11.3 Å². The van der Waals surface area contributed by atoms with E-state index in [4.69, 9.17) is 15.7 Å². The number of fused-ring (bicyclic) bond motifs is 2. The molecule has 2 bridgehead atoms. The van der Waals surface area contributed by atoms with Crippen molar-refractivity contribution in [1.82, 2.24) is 40.7 Å². The highest BCUT2D eigenvalue weighted by molar-refractivity contribution is 7.13. The number of β-amino-alcohol motifs (C(OH)–C–C–N with tert-alkyl or cyclic N) is 1. The van der Waals surface area contributed by atoms with Crippen molar-refractivity contribution >= 4 is 46.5 Å². The Bertz CT molecular complexity index is 2830. The van der Waals surface area contributed by atoms with E-state index in [1.807, 2.05) is 45.3 Å². The SMILES string of the molecule is Cc1ncsc1-c1ccc(CNC(=O)[C@@H]2C[C@@H](O)CN2C(=O)[C@@H](NC(=O)[C@H]2CC3(C2)C[C@H](c2cnc(N4C5CCC4CN(c4cc(-c6ccccc6O)nnc4N)C5)nc2)C3)C(C)(C)C)c(C(F)(F)F)c1. The van der Waals surface area contributed by atoms with Gasteiger partial charge >= 0.3 is 6.18 Å². The van der Waals surface area contributed by atoms with Gasteiger partial charge in [-0.3, -0.25) is 14.4 Å². The van der Waals surface area contributed by atoms with Crippen LogP contribution in [0.3, 0.4) is 0 Å². The van der Waals surface area contributed by atoms with Crippen LogP contribution < -0.4 is 26.2 Å². The maximum Gasteiger partial charge on any atom is 0.416 e. The van der Waals surface area contributed by atoms with E-state index in [-0.39, 0.29) is 59.5 Å². The van der Waals surface area contributed by atoms with E-state index in [0.29, 0.717) is 65.1 Å². The molecular weight excluding hydrogens is 936 g/mol. The highest BCUT2D eigenvalue weighted by atomic mass is 32.1. The first-order valence-electron chi connectivity index (χ1n) is 24.2. The van der Waals surface area contributed by atoms with Crippen molar-refractivity contribution < 1.29 is 37.8 Å². The molecule has 3 aliphatic heterocycles. The lowest BCUT2D eigenvalue weighted by Gasteiger charge is -2.57. The molecule has 5 aromatic rings. The molecule has 2 unspecified atom stereocenters. The fraction of sp³-hybridized carbons (Fsp3) is 0.490. The molecule has 5 fully saturated rings. The molecule has 6 N–H and O–H groups in total. The number of aromatic hydroxyl groups is 1. The second-order valence-electron chi connectivity index (χ2n) is 21.3. The number of likely N-dealkylation sites (tertiary alicyclic amines) is 1. The Hall–Kier alpha value is -6.41. The summed E-state index contributed by atoms with van der Waals surface area (Å²) in [5, 5.41) is 35.2. The van der Waals surface area contributed by atoms with Crippen molar-refractivity contribution in [3.05, 3.63) is 88.8 Å². The number of nitrogens with one attached hydrogen (secondary N) is 2. The van der Waals surface area contributed by atoms with Gasteiger partial charge in [-0.15, -0.1) is 21.5 Å². The average molecular weight is 994 g/mol. The van der Waals surface area contributed by atoms with Crippen LogP contribution in [0.5, 0.6) is 5.75 Å². The summed E-state index contributed by atoms with van der Waals surface area (Å²) in [6.45, 7) is 7.99. The molecule has 3 aromatic heterocycles. The number of halogens is 3. The topological polar surface area (TPSA) is 216 Å². The lowest BCUT2D eigenvalue weighted by Crippen LogP contribution is -2.60. The van der Waals surface area contributed by atoms with E-state index in [1.54, 1.807) is 36.7 Å². The van der Waals surface area contributed by atoms with Crippen LogP contribution in [-0.2, 0) is 27.1 Å². The largest absolute Gasteiger partial charge is 0.507 e. The van der Waals surface area contributed by atoms with Gasteiger partial charge in [0.25, 0.3) is 0 Å². The lowest BCUT2D eigenvalue weighted by molar-refractivity contribution is -0.148. The Morgan fingerprint density at radius 2 is 1.63 bits per heavy atom. The summed E-state index contributed by atoms with van der Waals surface area (Å²) in [4.78, 5) is 62.1. The first-order chi connectivity index (χ1) is 33.7. The van der Waals surface area contributed by atoms with Gasteiger partial charge in [-0.05, 0) is 103 Å². The van der Waals surface area contributed by atoms with E-state index in [1.165, 1.54) is 22.3 Å². The molecule has 2 aromatic carbocycles. The fourth-order valence-electron chi connectivity index (χ4n) is 11.7. The summed E-state index contributed by atoms with van der Waals surface area (Å²) in [5.41, 5.74) is 10.1. The zero-order valence-electron chi connectivity index (χ0n) is 40.0. The quantitative estimate of drug-likeness (QED) is 0.0943. The zero-order valence-corrected chi connectivity index (χ0v) is 40.8. The predicted molar refractivity (Wildman–Crippen MR) is 261 cm³/mol. The van der Waals surface area contributed by atoms with Crippen molar-refractivity contribution in [1.29, 1.82) is 0 Å². The standard InChI is InChI=1S/C51H58F3N11O5S/c1-27-42(71-26-59-27)28-9-10-29(37(13-28)51(52,53)54)20-56-46(69)40-14-35(66)25-64(40)47(70)43(49(2,3)4)60-45(68)31-18-50(19-31)16-30(17-50)32-21-57-48(58-22-32)65-33-11-12-34(65)24-63(23-33)39-15-38(61-62-44(39)55)36-7-5-6-8-41(36)67/h5-10,13,15,21-22,26,30-31,33-35,40,43,66-67H,11-12,14,16-20,23-25H2,1-4H3,(H2,55,62)(H,56,69)(H,60,68)/t30-,31-,33?,34?,35-,40+,43-,50?/m1/s1. The zero-order chi connectivity index (χ0) is 50.1. The van der Waals surface area contributed by atoms with Gasteiger partial charge in [0.05, 0.1) is 39.1 Å². The Morgan fingerprint density at radius 1 is 0.930 bits per heavy atom. The number of hydrogen-bond acceptors (Lipinski definition) is 14. The van der Waals surface area contributed by atoms with E-state index < -0.39 is 53.7 Å². The lowest BCUT2D eigenvalue weighted by atomic mass is 9.47. The van der Waals surface area contributed by atoms with Gasteiger partial charge in [-0.2, -0.15) is 13.2 Å². The number of phenols is 1. The number of thiazole rings is 1. The van der Waals surface area contributed by atoms with Crippen molar-refractivity contribution in [3.63, 3.8) is 0 Å². The second kappa shape index (κ2) is 18.3. The average Bonchev–Trinajstić information content (AvgIpc) is 3.99. The Balaban J connectivity index is 0.725. The van der Waals surface area contributed by atoms with Gasteiger partial charge in [0, 0.05) is 68.6 Å². The van der Waals surface area contributed by atoms with Crippen LogP contribution in [0.4, 0.5) is 30.6 Å². The number of hydrogen-bond donors (Lipinski definition) is 5. The Morgan fingerprint density at radius 3 is 2.28 bits per heavy atom. The summed E-state index contributed by atoms with van der Waals surface area (Å²) in [6, 6.07) is 11.1. The van der Waals surface area contributed by atoms with Gasteiger partial charge in [0.15, 0.2) is 5.82 Å². The maximum absolute atomic E-state index is 14.3. The molecule has 10 rings (SSSR count). The maximum atomic E-state index is 14.3. The molecule has 71 heavy (non-hydrogen) atoms. The molecule has 3 saturated heterocycles. The van der Waals surface area contributed by atoms with E-state index >= 15 is 0 Å². The van der Waals surface area contributed by atoms with Crippen LogP contribution in [0, 0.1) is 23.7 Å². The molecule has 6 heterocycles. The number of carbonyl (C=O) groups is 3. The van der Waals surface area contributed by atoms with Gasteiger partial charge in [-0.1, -0.05) is 45.0 Å². The minimum Gasteiger partial charge on any atom is -0.507 e. The molecule has 1 spiro atoms. The molecule has 16 nitrogen and oxygen atoms in total. The normalized spacial score (nSPS) is 25.4. The number of aromatic nitrogens is 5. The highest BCUT2D eigenvalue weighted by Gasteiger charge is 2.56. The number of para-hydroxylation sites is 1.